The lowest BCUT2D eigenvalue weighted by Gasteiger charge is -2.36. The molecular formula is C15H21F3N2. The van der Waals surface area contributed by atoms with Crippen molar-refractivity contribution in [2.45, 2.75) is 44.6 Å². The first-order chi connectivity index (χ1) is 9.33. The number of likely N-dealkylation sites (N-methyl/N-ethyl adjacent to an activating group) is 1. The summed E-state index contributed by atoms with van der Waals surface area (Å²) in [5.74, 6) is 0. The standard InChI is InChI=1S/C15H21F3N2/c1-10(2)20(9-15(16,17)18)13-8-11-6-4-5-7-12(11)14(13)19-3/h4-7,10,13-14,19H,8-9H2,1-3H3. The smallest absolute Gasteiger partial charge is 0.312 e. The van der Waals surface area contributed by atoms with Crippen molar-refractivity contribution in [3.8, 4) is 0 Å². The van der Waals surface area contributed by atoms with E-state index >= 15 is 0 Å². The zero-order valence-corrected chi connectivity index (χ0v) is 12.0. The van der Waals surface area contributed by atoms with Gasteiger partial charge in [-0.2, -0.15) is 13.2 Å². The Hall–Kier alpha value is -1.07. The zero-order chi connectivity index (χ0) is 14.9. The van der Waals surface area contributed by atoms with Gasteiger partial charge in [0.2, 0.25) is 0 Å². The molecule has 0 aromatic heterocycles. The molecule has 1 N–H and O–H groups in total. The summed E-state index contributed by atoms with van der Waals surface area (Å²) in [7, 11) is 1.81. The molecule has 0 bridgehead atoms. The van der Waals surface area contributed by atoms with Gasteiger partial charge in [-0.05, 0) is 38.4 Å². The molecule has 2 unspecified atom stereocenters. The number of alkyl halides is 3. The van der Waals surface area contributed by atoms with Crippen LogP contribution < -0.4 is 5.32 Å². The van der Waals surface area contributed by atoms with Gasteiger partial charge in [0.05, 0.1) is 6.54 Å². The predicted molar refractivity (Wildman–Crippen MR) is 73.6 cm³/mol. The molecule has 0 aliphatic heterocycles. The Morgan fingerprint density at radius 2 is 1.95 bits per heavy atom. The molecule has 0 spiro atoms. The number of halogens is 3. The Morgan fingerprint density at radius 3 is 2.50 bits per heavy atom. The summed E-state index contributed by atoms with van der Waals surface area (Å²) in [5, 5.41) is 3.18. The Kier molecular flexibility index (Phi) is 4.39. The van der Waals surface area contributed by atoms with E-state index in [1.807, 2.05) is 45.2 Å². The SMILES string of the molecule is CNC1c2ccccc2CC1N(CC(F)(F)F)C(C)C. The van der Waals surface area contributed by atoms with E-state index < -0.39 is 12.7 Å². The molecule has 1 aliphatic carbocycles. The highest BCUT2D eigenvalue weighted by molar-refractivity contribution is 5.37. The predicted octanol–water partition coefficient (Wildman–Crippen LogP) is 3.14. The van der Waals surface area contributed by atoms with Crippen LogP contribution in [0.3, 0.4) is 0 Å². The number of hydrogen-bond acceptors (Lipinski definition) is 2. The third kappa shape index (κ3) is 3.15. The van der Waals surface area contributed by atoms with Crippen molar-refractivity contribution in [3.63, 3.8) is 0 Å². The Bertz CT molecular complexity index is 457. The molecule has 2 nitrogen and oxygen atoms in total. The van der Waals surface area contributed by atoms with Crippen molar-refractivity contribution < 1.29 is 13.2 Å². The van der Waals surface area contributed by atoms with Gasteiger partial charge >= 0.3 is 6.18 Å². The van der Waals surface area contributed by atoms with Crippen LogP contribution in [0.5, 0.6) is 0 Å². The lowest BCUT2D eigenvalue weighted by Crippen LogP contribution is -2.49. The van der Waals surface area contributed by atoms with Crippen molar-refractivity contribution in [3.05, 3.63) is 35.4 Å². The van der Waals surface area contributed by atoms with E-state index in [4.69, 9.17) is 0 Å². The molecule has 2 atom stereocenters. The molecule has 1 aromatic carbocycles. The molecule has 20 heavy (non-hydrogen) atoms. The number of nitrogens with zero attached hydrogens (tertiary/aromatic N) is 1. The minimum atomic E-state index is -4.17. The number of hydrogen-bond donors (Lipinski definition) is 1. The summed E-state index contributed by atoms with van der Waals surface area (Å²) < 4.78 is 38.5. The van der Waals surface area contributed by atoms with Crippen LogP contribution in [0.15, 0.2) is 24.3 Å². The van der Waals surface area contributed by atoms with E-state index in [0.29, 0.717) is 6.42 Å². The fourth-order valence-corrected chi connectivity index (χ4v) is 3.12. The molecule has 0 saturated carbocycles. The van der Waals surface area contributed by atoms with Gasteiger partial charge in [-0.25, -0.2) is 0 Å². The van der Waals surface area contributed by atoms with Gasteiger partial charge in [0.1, 0.15) is 0 Å². The van der Waals surface area contributed by atoms with Crippen LogP contribution >= 0.6 is 0 Å². The minimum Gasteiger partial charge on any atom is -0.312 e. The Labute approximate surface area is 118 Å². The Balaban J connectivity index is 2.27. The number of nitrogens with one attached hydrogen (secondary N) is 1. The maximum Gasteiger partial charge on any atom is 0.401 e. The first-order valence-corrected chi connectivity index (χ1v) is 6.91. The molecule has 0 heterocycles. The fourth-order valence-electron chi connectivity index (χ4n) is 3.12. The van der Waals surface area contributed by atoms with E-state index in [0.717, 1.165) is 11.1 Å². The highest BCUT2D eigenvalue weighted by atomic mass is 19.4. The number of benzene rings is 1. The first kappa shape index (κ1) is 15.3. The van der Waals surface area contributed by atoms with Gasteiger partial charge in [-0.3, -0.25) is 4.90 Å². The largest absolute Gasteiger partial charge is 0.401 e. The number of rotatable bonds is 4. The molecule has 2 rings (SSSR count). The van der Waals surface area contributed by atoms with Crippen molar-refractivity contribution in [2.24, 2.45) is 0 Å². The van der Waals surface area contributed by atoms with Gasteiger partial charge in [0, 0.05) is 18.1 Å². The van der Waals surface area contributed by atoms with Crippen molar-refractivity contribution in [1.82, 2.24) is 10.2 Å². The van der Waals surface area contributed by atoms with Crippen LogP contribution in [-0.2, 0) is 6.42 Å². The summed E-state index contributed by atoms with van der Waals surface area (Å²) in [5.41, 5.74) is 2.26. The van der Waals surface area contributed by atoms with Crippen LogP contribution in [0.2, 0.25) is 0 Å². The van der Waals surface area contributed by atoms with Gasteiger partial charge in [0.15, 0.2) is 0 Å². The second-order valence-electron chi connectivity index (χ2n) is 5.62. The summed E-state index contributed by atoms with van der Waals surface area (Å²) >= 11 is 0. The average Bonchev–Trinajstić information content (AvgIpc) is 2.72. The average molecular weight is 286 g/mol. The third-order valence-electron chi connectivity index (χ3n) is 3.97. The van der Waals surface area contributed by atoms with Gasteiger partial charge < -0.3 is 5.32 Å². The molecule has 1 aliphatic rings. The molecule has 0 radical (unpaired) electrons. The van der Waals surface area contributed by atoms with Gasteiger partial charge in [-0.1, -0.05) is 24.3 Å². The van der Waals surface area contributed by atoms with E-state index in [1.165, 1.54) is 0 Å². The lowest BCUT2D eigenvalue weighted by atomic mass is 10.0. The molecule has 112 valence electrons. The molecular weight excluding hydrogens is 265 g/mol. The molecule has 0 fully saturated rings. The maximum absolute atomic E-state index is 12.8. The van der Waals surface area contributed by atoms with E-state index in [-0.39, 0.29) is 18.1 Å². The highest BCUT2D eigenvalue weighted by Crippen LogP contribution is 2.36. The van der Waals surface area contributed by atoms with E-state index in [1.54, 1.807) is 4.90 Å². The quantitative estimate of drug-likeness (QED) is 0.914. The Morgan fingerprint density at radius 1 is 1.30 bits per heavy atom. The second-order valence-corrected chi connectivity index (χ2v) is 5.62. The summed E-state index contributed by atoms with van der Waals surface area (Å²) in [6.07, 6.45) is -3.51. The van der Waals surface area contributed by atoms with Crippen LogP contribution in [0.25, 0.3) is 0 Å². The van der Waals surface area contributed by atoms with E-state index in [9.17, 15) is 13.2 Å². The van der Waals surface area contributed by atoms with Gasteiger partial charge in [0.25, 0.3) is 0 Å². The van der Waals surface area contributed by atoms with Crippen molar-refractivity contribution in [1.29, 1.82) is 0 Å². The molecule has 1 aromatic rings. The fraction of sp³-hybridized carbons (Fsp3) is 0.600. The van der Waals surface area contributed by atoms with Crippen molar-refractivity contribution in [2.75, 3.05) is 13.6 Å². The summed E-state index contributed by atoms with van der Waals surface area (Å²) in [6, 6.07) is 7.54. The van der Waals surface area contributed by atoms with Gasteiger partial charge in [-0.15, -0.1) is 0 Å². The van der Waals surface area contributed by atoms with Crippen molar-refractivity contribution >= 4 is 0 Å². The lowest BCUT2D eigenvalue weighted by molar-refractivity contribution is -0.156. The molecule has 5 heteroatoms. The zero-order valence-electron chi connectivity index (χ0n) is 12.0. The minimum absolute atomic E-state index is 0.0454. The van der Waals surface area contributed by atoms with Crippen LogP contribution in [0.4, 0.5) is 13.2 Å². The highest BCUT2D eigenvalue weighted by Gasteiger charge is 2.41. The normalized spacial score (nSPS) is 22.6. The molecule has 0 saturated heterocycles. The maximum atomic E-state index is 12.8. The summed E-state index contributed by atoms with van der Waals surface area (Å²) in [6.45, 7) is 2.78. The second kappa shape index (κ2) is 5.74. The molecule has 0 amide bonds. The summed E-state index contributed by atoms with van der Waals surface area (Å²) in [4.78, 5) is 1.56. The monoisotopic (exact) mass is 286 g/mol. The topological polar surface area (TPSA) is 15.3 Å². The van der Waals surface area contributed by atoms with Crippen LogP contribution in [-0.4, -0.2) is 36.8 Å². The van der Waals surface area contributed by atoms with Crippen LogP contribution in [0.1, 0.15) is 31.0 Å². The number of fused-ring (bicyclic) bond motifs is 1. The van der Waals surface area contributed by atoms with E-state index in [2.05, 4.69) is 5.32 Å². The first-order valence-electron chi connectivity index (χ1n) is 6.91. The van der Waals surface area contributed by atoms with Crippen LogP contribution in [0, 0.1) is 0 Å². The third-order valence-corrected chi connectivity index (χ3v) is 3.97.